The first-order valence-electron chi connectivity index (χ1n) is 6.71. The summed E-state index contributed by atoms with van der Waals surface area (Å²) in [6.07, 6.45) is 3.34. The average molecular weight is 401 g/mol. The first-order valence-corrected chi connectivity index (χ1v) is 8.29. The number of aromatic nitrogens is 2. The van der Waals surface area contributed by atoms with Crippen LogP contribution in [0.5, 0.6) is 0 Å². The molecule has 1 saturated heterocycles. The Hall–Kier alpha value is -0.720. The van der Waals surface area contributed by atoms with Crippen LogP contribution >= 0.6 is 31.9 Å². The Balaban J connectivity index is 1.75. The largest absolute Gasteiger partial charge is 0.334 e. The van der Waals surface area contributed by atoms with E-state index >= 15 is 0 Å². The van der Waals surface area contributed by atoms with Crippen LogP contribution in [0.4, 0.5) is 0 Å². The quantitative estimate of drug-likeness (QED) is 0.851. The molecule has 1 atom stereocenters. The highest BCUT2D eigenvalue weighted by atomic mass is 79.9. The molecule has 2 aromatic rings. The predicted molar refractivity (Wildman–Crippen MR) is 84.4 cm³/mol. The van der Waals surface area contributed by atoms with E-state index in [2.05, 4.69) is 47.3 Å². The highest BCUT2D eigenvalue weighted by Gasteiger charge is 2.18. The molecule has 20 heavy (non-hydrogen) atoms. The number of hydrogen-bond acceptors (Lipinski definition) is 4. The maximum atomic E-state index is 5.39. The van der Waals surface area contributed by atoms with Crippen molar-refractivity contribution in [2.24, 2.45) is 5.92 Å². The van der Waals surface area contributed by atoms with Crippen molar-refractivity contribution in [2.45, 2.75) is 19.3 Å². The number of rotatable bonds is 3. The van der Waals surface area contributed by atoms with Crippen LogP contribution in [0, 0.1) is 5.92 Å². The highest BCUT2D eigenvalue weighted by molar-refractivity contribution is 9.11. The molecular weight excluding hydrogens is 386 g/mol. The van der Waals surface area contributed by atoms with E-state index in [0.717, 1.165) is 39.8 Å². The van der Waals surface area contributed by atoms with Crippen LogP contribution in [-0.4, -0.2) is 23.2 Å². The highest BCUT2D eigenvalue weighted by Crippen LogP contribution is 2.30. The third kappa shape index (κ3) is 3.30. The van der Waals surface area contributed by atoms with Crippen molar-refractivity contribution < 1.29 is 4.52 Å². The van der Waals surface area contributed by atoms with Gasteiger partial charge in [-0.2, -0.15) is 4.98 Å². The van der Waals surface area contributed by atoms with Gasteiger partial charge >= 0.3 is 0 Å². The minimum absolute atomic E-state index is 0.572. The van der Waals surface area contributed by atoms with E-state index in [4.69, 9.17) is 4.52 Å². The van der Waals surface area contributed by atoms with Crippen molar-refractivity contribution in [3.63, 3.8) is 0 Å². The van der Waals surface area contributed by atoms with Crippen LogP contribution in [-0.2, 0) is 6.42 Å². The minimum atomic E-state index is 0.572. The summed E-state index contributed by atoms with van der Waals surface area (Å²) in [5, 5.41) is 7.51. The second kappa shape index (κ2) is 6.37. The normalized spacial score (nSPS) is 19.2. The molecule has 0 amide bonds. The lowest BCUT2D eigenvalue weighted by molar-refractivity contribution is 0.360. The smallest absolute Gasteiger partial charge is 0.259 e. The fraction of sp³-hybridized carbons (Fsp3) is 0.429. The maximum Gasteiger partial charge on any atom is 0.259 e. The van der Waals surface area contributed by atoms with Crippen molar-refractivity contribution in [3.05, 3.63) is 33.0 Å². The zero-order valence-corrected chi connectivity index (χ0v) is 14.1. The van der Waals surface area contributed by atoms with Gasteiger partial charge in [0.25, 0.3) is 5.89 Å². The fourth-order valence-corrected chi connectivity index (χ4v) is 3.68. The monoisotopic (exact) mass is 399 g/mol. The molecule has 3 rings (SSSR count). The number of nitrogens with one attached hydrogen (secondary N) is 1. The van der Waals surface area contributed by atoms with Gasteiger partial charge in [-0.1, -0.05) is 21.1 Å². The van der Waals surface area contributed by atoms with E-state index in [1.165, 1.54) is 12.8 Å². The van der Waals surface area contributed by atoms with E-state index in [9.17, 15) is 0 Å². The second-order valence-electron chi connectivity index (χ2n) is 5.06. The van der Waals surface area contributed by atoms with E-state index in [1.807, 2.05) is 18.2 Å². The number of hydrogen-bond donors (Lipinski definition) is 1. The summed E-state index contributed by atoms with van der Waals surface area (Å²) in [6.45, 7) is 2.17. The molecule has 0 bridgehead atoms. The lowest BCUT2D eigenvalue weighted by Gasteiger charge is -2.20. The van der Waals surface area contributed by atoms with E-state index in [0.29, 0.717) is 11.8 Å². The summed E-state index contributed by atoms with van der Waals surface area (Å²) < 4.78 is 7.35. The number of benzene rings is 1. The average Bonchev–Trinajstić information content (AvgIpc) is 2.88. The predicted octanol–water partition coefficient (Wildman–Crippen LogP) is 3.80. The molecule has 6 heteroatoms. The van der Waals surface area contributed by atoms with Gasteiger partial charge < -0.3 is 9.84 Å². The van der Waals surface area contributed by atoms with Crippen molar-refractivity contribution in [3.8, 4) is 11.5 Å². The summed E-state index contributed by atoms with van der Waals surface area (Å²) in [7, 11) is 0. The zero-order chi connectivity index (χ0) is 13.9. The van der Waals surface area contributed by atoms with Gasteiger partial charge in [0.2, 0.25) is 0 Å². The van der Waals surface area contributed by atoms with Crippen LogP contribution in [0.2, 0.25) is 0 Å². The molecule has 1 aliphatic rings. The molecule has 1 fully saturated rings. The Labute approximate surface area is 134 Å². The molecule has 1 unspecified atom stereocenters. The molecular formula is C14H15Br2N3O. The van der Waals surface area contributed by atoms with Crippen LogP contribution < -0.4 is 5.32 Å². The van der Waals surface area contributed by atoms with Crippen molar-refractivity contribution in [2.75, 3.05) is 13.1 Å². The zero-order valence-electron chi connectivity index (χ0n) is 10.9. The Morgan fingerprint density at radius 3 is 3.00 bits per heavy atom. The SMILES string of the molecule is Brc1ccc(-c2nc(CC3CCCNC3)no2)c(Br)c1. The van der Waals surface area contributed by atoms with Crippen LogP contribution in [0.3, 0.4) is 0 Å². The van der Waals surface area contributed by atoms with Crippen LogP contribution in [0.15, 0.2) is 31.7 Å². The number of halogens is 2. The minimum Gasteiger partial charge on any atom is -0.334 e. The first kappa shape index (κ1) is 14.2. The number of nitrogens with zero attached hydrogens (tertiary/aromatic N) is 2. The molecule has 0 radical (unpaired) electrons. The van der Waals surface area contributed by atoms with Crippen molar-refractivity contribution in [1.82, 2.24) is 15.5 Å². The Morgan fingerprint density at radius 1 is 1.35 bits per heavy atom. The Bertz CT molecular complexity index is 594. The van der Waals surface area contributed by atoms with E-state index < -0.39 is 0 Å². The lowest BCUT2D eigenvalue weighted by Crippen LogP contribution is -2.31. The summed E-state index contributed by atoms with van der Waals surface area (Å²) in [4.78, 5) is 4.51. The molecule has 1 aliphatic heterocycles. The van der Waals surface area contributed by atoms with Crippen LogP contribution in [0.25, 0.3) is 11.5 Å². The summed E-state index contributed by atoms with van der Waals surface area (Å²) in [5.74, 6) is 1.98. The van der Waals surface area contributed by atoms with Gasteiger partial charge in [-0.05, 0) is 66.0 Å². The van der Waals surface area contributed by atoms with Gasteiger partial charge in [0, 0.05) is 15.4 Å². The van der Waals surface area contributed by atoms with E-state index in [1.54, 1.807) is 0 Å². The lowest BCUT2D eigenvalue weighted by atomic mass is 9.96. The standard InChI is InChI=1S/C14H15Br2N3O/c15-10-3-4-11(12(16)7-10)14-18-13(19-20-14)6-9-2-1-5-17-8-9/h3-4,7,9,17H,1-2,5-6,8H2. The molecule has 0 aliphatic carbocycles. The molecule has 106 valence electrons. The summed E-state index contributed by atoms with van der Waals surface area (Å²) in [5.41, 5.74) is 0.925. The Kier molecular flexibility index (Phi) is 4.53. The fourth-order valence-electron chi connectivity index (χ4n) is 2.47. The van der Waals surface area contributed by atoms with Crippen LogP contribution in [0.1, 0.15) is 18.7 Å². The number of piperidine rings is 1. The molecule has 4 nitrogen and oxygen atoms in total. The second-order valence-corrected chi connectivity index (χ2v) is 6.83. The van der Waals surface area contributed by atoms with Gasteiger partial charge in [-0.15, -0.1) is 0 Å². The molecule has 0 saturated carbocycles. The molecule has 1 N–H and O–H groups in total. The first-order chi connectivity index (χ1) is 9.72. The van der Waals surface area contributed by atoms with Gasteiger partial charge in [0.05, 0.1) is 5.56 Å². The maximum absolute atomic E-state index is 5.39. The van der Waals surface area contributed by atoms with Gasteiger partial charge in [0.15, 0.2) is 5.82 Å². The topological polar surface area (TPSA) is 51.0 Å². The van der Waals surface area contributed by atoms with Gasteiger partial charge in [-0.25, -0.2) is 0 Å². The third-order valence-electron chi connectivity index (χ3n) is 3.50. The van der Waals surface area contributed by atoms with Gasteiger partial charge in [-0.3, -0.25) is 0 Å². The van der Waals surface area contributed by atoms with E-state index in [-0.39, 0.29) is 0 Å². The molecule has 1 aromatic heterocycles. The van der Waals surface area contributed by atoms with Crippen molar-refractivity contribution in [1.29, 1.82) is 0 Å². The Morgan fingerprint density at radius 2 is 2.25 bits per heavy atom. The summed E-state index contributed by atoms with van der Waals surface area (Å²) in [6, 6.07) is 5.91. The van der Waals surface area contributed by atoms with Crippen molar-refractivity contribution >= 4 is 31.9 Å². The molecule has 1 aromatic carbocycles. The molecule has 2 heterocycles. The third-order valence-corrected chi connectivity index (χ3v) is 4.65. The summed E-state index contributed by atoms with van der Waals surface area (Å²) >= 11 is 6.96. The van der Waals surface area contributed by atoms with Gasteiger partial charge in [0.1, 0.15) is 0 Å². The molecule has 0 spiro atoms.